The molecule has 2 aromatic carbocycles. The molecular weight excluding hydrogens is 269 g/mol. The molecule has 4 heteroatoms. The molecule has 0 aliphatic rings. The van der Waals surface area contributed by atoms with Gasteiger partial charge in [0.15, 0.2) is 6.10 Å². The van der Waals surface area contributed by atoms with Crippen molar-refractivity contribution in [3.05, 3.63) is 66.0 Å². The van der Waals surface area contributed by atoms with Crippen molar-refractivity contribution in [2.45, 2.75) is 26.0 Å². The fraction of sp³-hybridized carbons (Fsp3) is 0.235. The van der Waals surface area contributed by atoms with Crippen LogP contribution in [0.2, 0.25) is 0 Å². The summed E-state index contributed by atoms with van der Waals surface area (Å²) in [5, 5.41) is 2.89. The van der Waals surface area contributed by atoms with Gasteiger partial charge in [0.2, 0.25) is 0 Å². The normalized spacial score (nSPS) is 13.3. The fourth-order valence-electron chi connectivity index (χ4n) is 1.93. The molecule has 0 fully saturated rings. The monoisotopic (exact) mass is 287 g/mol. The molecule has 1 N–H and O–H groups in total. The third-order valence-electron chi connectivity index (χ3n) is 3.15. The average Bonchev–Trinajstić information content (AvgIpc) is 2.50. The first kappa shape index (κ1) is 15.0. The zero-order chi connectivity index (χ0) is 15.2. The first-order valence-electron chi connectivity index (χ1n) is 6.84. The SMILES string of the molecule is CC(NC(=O)[C@@H](C)Oc1ccc(F)cc1)c1ccccc1. The predicted molar refractivity (Wildman–Crippen MR) is 79.5 cm³/mol. The highest BCUT2D eigenvalue weighted by molar-refractivity contribution is 5.81. The summed E-state index contributed by atoms with van der Waals surface area (Å²) in [6.45, 7) is 3.58. The van der Waals surface area contributed by atoms with E-state index in [4.69, 9.17) is 4.74 Å². The first-order chi connectivity index (χ1) is 10.1. The number of carbonyl (C=O) groups is 1. The molecule has 0 saturated carbocycles. The van der Waals surface area contributed by atoms with E-state index in [1.54, 1.807) is 6.92 Å². The van der Waals surface area contributed by atoms with E-state index in [1.807, 2.05) is 37.3 Å². The Balaban J connectivity index is 1.92. The summed E-state index contributed by atoms with van der Waals surface area (Å²) in [4.78, 5) is 12.1. The van der Waals surface area contributed by atoms with Gasteiger partial charge in [-0.1, -0.05) is 30.3 Å². The molecule has 0 spiro atoms. The van der Waals surface area contributed by atoms with Crippen LogP contribution in [0.3, 0.4) is 0 Å². The Bertz CT molecular complexity index is 583. The third kappa shape index (κ3) is 4.31. The van der Waals surface area contributed by atoms with Crippen LogP contribution in [-0.4, -0.2) is 12.0 Å². The van der Waals surface area contributed by atoms with Crippen molar-refractivity contribution in [3.8, 4) is 5.75 Å². The second-order valence-corrected chi connectivity index (χ2v) is 4.85. The van der Waals surface area contributed by atoms with Crippen LogP contribution in [0.25, 0.3) is 0 Å². The molecule has 0 aliphatic heterocycles. The molecule has 3 nitrogen and oxygen atoms in total. The van der Waals surface area contributed by atoms with Crippen LogP contribution >= 0.6 is 0 Å². The van der Waals surface area contributed by atoms with E-state index in [0.29, 0.717) is 5.75 Å². The van der Waals surface area contributed by atoms with Gasteiger partial charge in [-0.05, 0) is 43.7 Å². The van der Waals surface area contributed by atoms with Gasteiger partial charge in [0.25, 0.3) is 5.91 Å². The molecule has 0 bridgehead atoms. The van der Waals surface area contributed by atoms with Gasteiger partial charge in [0.1, 0.15) is 11.6 Å². The van der Waals surface area contributed by atoms with Gasteiger partial charge in [-0.25, -0.2) is 4.39 Å². The van der Waals surface area contributed by atoms with Gasteiger partial charge in [-0.2, -0.15) is 0 Å². The van der Waals surface area contributed by atoms with E-state index in [2.05, 4.69) is 5.32 Å². The Morgan fingerprint density at radius 3 is 2.29 bits per heavy atom. The standard InChI is InChI=1S/C17H18FNO2/c1-12(14-6-4-3-5-7-14)19-17(20)13(2)21-16-10-8-15(18)9-11-16/h3-13H,1-2H3,(H,19,20)/t12?,13-/m1/s1. The van der Waals surface area contributed by atoms with Gasteiger partial charge in [-0.15, -0.1) is 0 Å². The minimum Gasteiger partial charge on any atom is -0.481 e. The Morgan fingerprint density at radius 1 is 1.05 bits per heavy atom. The van der Waals surface area contributed by atoms with E-state index in [1.165, 1.54) is 24.3 Å². The van der Waals surface area contributed by atoms with Gasteiger partial charge >= 0.3 is 0 Å². The topological polar surface area (TPSA) is 38.3 Å². The number of hydrogen-bond acceptors (Lipinski definition) is 2. The largest absolute Gasteiger partial charge is 0.481 e. The molecule has 2 aromatic rings. The molecule has 2 rings (SSSR count). The number of halogens is 1. The minimum absolute atomic E-state index is 0.0991. The van der Waals surface area contributed by atoms with Crippen LogP contribution in [0.1, 0.15) is 25.5 Å². The van der Waals surface area contributed by atoms with Gasteiger partial charge in [0, 0.05) is 0 Å². The van der Waals surface area contributed by atoms with Crippen molar-refractivity contribution < 1.29 is 13.9 Å². The lowest BCUT2D eigenvalue weighted by atomic mass is 10.1. The number of carbonyl (C=O) groups excluding carboxylic acids is 1. The number of nitrogens with one attached hydrogen (secondary N) is 1. The second kappa shape index (κ2) is 6.88. The second-order valence-electron chi connectivity index (χ2n) is 4.85. The van der Waals surface area contributed by atoms with E-state index in [0.717, 1.165) is 5.56 Å². The van der Waals surface area contributed by atoms with Gasteiger partial charge in [-0.3, -0.25) is 4.79 Å². The van der Waals surface area contributed by atoms with E-state index >= 15 is 0 Å². The van der Waals surface area contributed by atoms with Crippen LogP contribution in [-0.2, 0) is 4.79 Å². The van der Waals surface area contributed by atoms with Gasteiger partial charge < -0.3 is 10.1 Å². The maximum atomic E-state index is 12.8. The summed E-state index contributed by atoms with van der Waals surface area (Å²) < 4.78 is 18.3. The van der Waals surface area contributed by atoms with Crippen LogP contribution in [0.15, 0.2) is 54.6 Å². The Morgan fingerprint density at radius 2 is 1.67 bits per heavy atom. The summed E-state index contributed by atoms with van der Waals surface area (Å²) in [5.41, 5.74) is 1.03. The molecule has 0 aromatic heterocycles. The summed E-state index contributed by atoms with van der Waals surface area (Å²) in [6.07, 6.45) is -0.651. The van der Waals surface area contributed by atoms with Crippen molar-refractivity contribution >= 4 is 5.91 Å². The summed E-state index contributed by atoms with van der Waals surface area (Å²) in [6, 6.07) is 15.2. The molecule has 1 amide bonds. The van der Waals surface area contributed by atoms with Crippen LogP contribution in [0.4, 0.5) is 4.39 Å². The van der Waals surface area contributed by atoms with E-state index < -0.39 is 6.10 Å². The van der Waals surface area contributed by atoms with Crippen LogP contribution in [0, 0.1) is 5.82 Å². The number of rotatable bonds is 5. The van der Waals surface area contributed by atoms with E-state index in [-0.39, 0.29) is 17.8 Å². The van der Waals surface area contributed by atoms with E-state index in [9.17, 15) is 9.18 Å². The quantitative estimate of drug-likeness (QED) is 0.914. The number of benzene rings is 2. The third-order valence-corrected chi connectivity index (χ3v) is 3.15. The van der Waals surface area contributed by atoms with Gasteiger partial charge in [0.05, 0.1) is 6.04 Å². The van der Waals surface area contributed by atoms with Crippen LogP contribution in [0.5, 0.6) is 5.75 Å². The maximum absolute atomic E-state index is 12.8. The maximum Gasteiger partial charge on any atom is 0.261 e. The number of ether oxygens (including phenoxy) is 1. The molecule has 0 saturated heterocycles. The van der Waals surface area contributed by atoms with Crippen molar-refractivity contribution in [2.24, 2.45) is 0 Å². The smallest absolute Gasteiger partial charge is 0.261 e. The summed E-state index contributed by atoms with van der Waals surface area (Å²) >= 11 is 0. The van der Waals surface area contributed by atoms with Crippen molar-refractivity contribution in [3.63, 3.8) is 0 Å². The Kier molecular flexibility index (Phi) is 4.93. The summed E-state index contributed by atoms with van der Waals surface area (Å²) in [7, 11) is 0. The molecule has 1 unspecified atom stereocenters. The lowest BCUT2D eigenvalue weighted by Gasteiger charge is -2.19. The average molecular weight is 287 g/mol. The molecular formula is C17H18FNO2. The molecule has 0 radical (unpaired) electrons. The van der Waals surface area contributed by atoms with Crippen molar-refractivity contribution in [1.82, 2.24) is 5.32 Å². The number of amides is 1. The van der Waals surface area contributed by atoms with Crippen LogP contribution < -0.4 is 10.1 Å². The molecule has 0 aliphatic carbocycles. The zero-order valence-electron chi connectivity index (χ0n) is 12.0. The zero-order valence-corrected chi connectivity index (χ0v) is 12.0. The molecule has 21 heavy (non-hydrogen) atoms. The highest BCUT2D eigenvalue weighted by atomic mass is 19.1. The highest BCUT2D eigenvalue weighted by Gasteiger charge is 2.17. The minimum atomic E-state index is -0.651. The first-order valence-corrected chi connectivity index (χ1v) is 6.84. The lowest BCUT2D eigenvalue weighted by Crippen LogP contribution is -2.37. The lowest BCUT2D eigenvalue weighted by molar-refractivity contribution is -0.127. The van der Waals surface area contributed by atoms with Crippen molar-refractivity contribution in [2.75, 3.05) is 0 Å². The Labute approximate surface area is 123 Å². The number of hydrogen-bond donors (Lipinski definition) is 1. The molecule has 110 valence electrons. The molecule has 2 atom stereocenters. The summed E-state index contributed by atoms with van der Waals surface area (Å²) in [5.74, 6) is -0.0840. The predicted octanol–water partition coefficient (Wildman–Crippen LogP) is 3.47. The highest BCUT2D eigenvalue weighted by Crippen LogP contribution is 2.15. The molecule has 0 heterocycles. The van der Waals surface area contributed by atoms with Crippen molar-refractivity contribution in [1.29, 1.82) is 0 Å². The Hall–Kier alpha value is -2.36. The fourth-order valence-corrected chi connectivity index (χ4v) is 1.93.